The number of fused-ring (bicyclic) bond motifs is 1. The Hall–Kier alpha value is -1.68. The van der Waals surface area contributed by atoms with E-state index in [4.69, 9.17) is 4.74 Å². The molecule has 1 saturated heterocycles. The van der Waals surface area contributed by atoms with Crippen LogP contribution in [0.2, 0.25) is 0 Å². The Kier molecular flexibility index (Phi) is 3.34. The van der Waals surface area contributed by atoms with E-state index in [1.165, 1.54) is 0 Å². The minimum atomic E-state index is -0.375. The van der Waals surface area contributed by atoms with Gasteiger partial charge < -0.3 is 9.64 Å². The number of nitrogens with zero attached hydrogens (tertiary/aromatic N) is 1. The van der Waals surface area contributed by atoms with E-state index in [9.17, 15) is 9.59 Å². The molecule has 0 aromatic heterocycles. The van der Waals surface area contributed by atoms with Gasteiger partial charge in [-0.2, -0.15) is 0 Å². The third kappa shape index (κ3) is 2.14. The van der Waals surface area contributed by atoms with Crippen molar-refractivity contribution < 1.29 is 14.3 Å². The number of carbonyl (C=O) groups is 2. The molecule has 2 aliphatic rings. The second-order valence-corrected chi connectivity index (χ2v) is 5.78. The number of rotatable bonds is 2. The minimum Gasteiger partial charge on any atom is -0.381 e. The summed E-state index contributed by atoms with van der Waals surface area (Å²) in [6.45, 7) is 6.05. The summed E-state index contributed by atoms with van der Waals surface area (Å²) in [5.41, 5.74) is 3.42. The number of aryl methyl sites for hydroxylation is 2. The predicted molar refractivity (Wildman–Crippen MR) is 76.1 cm³/mol. The zero-order valence-electron chi connectivity index (χ0n) is 11.9. The average Bonchev–Trinajstić information content (AvgIpc) is 2.65. The van der Waals surface area contributed by atoms with Crippen LogP contribution in [-0.2, 0) is 9.53 Å². The van der Waals surface area contributed by atoms with Crippen LogP contribution < -0.4 is 4.90 Å². The van der Waals surface area contributed by atoms with E-state index in [2.05, 4.69) is 0 Å². The van der Waals surface area contributed by atoms with Crippen molar-refractivity contribution in [3.05, 3.63) is 28.8 Å². The number of hydrogen-bond donors (Lipinski definition) is 0. The quantitative estimate of drug-likeness (QED) is 0.776. The van der Waals surface area contributed by atoms with Crippen LogP contribution in [0.15, 0.2) is 12.1 Å². The summed E-state index contributed by atoms with van der Waals surface area (Å²) in [6, 6.07) is 3.86. The fraction of sp³-hybridized carbons (Fsp3) is 0.500. The lowest BCUT2D eigenvalue weighted by Gasteiger charge is -2.27. The molecule has 1 aromatic carbocycles. The average molecular weight is 273 g/mol. The predicted octanol–water partition coefficient (Wildman–Crippen LogP) is 2.26. The van der Waals surface area contributed by atoms with Gasteiger partial charge in [0.1, 0.15) is 0 Å². The smallest absolute Gasteiger partial charge is 0.299 e. The van der Waals surface area contributed by atoms with E-state index in [0.29, 0.717) is 18.0 Å². The first-order valence-electron chi connectivity index (χ1n) is 7.13. The third-order valence-corrected chi connectivity index (χ3v) is 4.18. The van der Waals surface area contributed by atoms with Gasteiger partial charge in [0.2, 0.25) is 0 Å². The Bertz CT molecular complexity index is 573. The molecular weight excluding hydrogens is 254 g/mol. The summed E-state index contributed by atoms with van der Waals surface area (Å²) in [4.78, 5) is 26.1. The highest BCUT2D eigenvalue weighted by atomic mass is 16.5. The van der Waals surface area contributed by atoms with Crippen molar-refractivity contribution in [3.8, 4) is 0 Å². The van der Waals surface area contributed by atoms with Crippen LogP contribution in [0.25, 0.3) is 0 Å². The maximum absolute atomic E-state index is 12.2. The molecule has 0 unspecified atom stereocenters. The largest absolute Gasteiger partial charge is 0.381 e. The lowest BCUT2D eigenvalue weighted by Crippen LogP contribution is -2.36. The van der Waals surface area contributed by atoms with Gasteiger partial charge in [0.05, 0.1) is 11.3 Å². The Balaban J connectivity index is 1.93. The summed E-state index contributed by atoms with van der Waals surface area (Å²) in [7, 11) is 0. The van der Waals surface area contributed by atoms with Gasteiger partial charge in [0.25, 0.3) is 11.7 Å². The van der Waals surface area contributed by atoms with Gasteiger partial charge in [-0.25, -0.2) is 0 Å². The first kappa shape index (κ1) is 13.3. The molecule has 1 aromatic rings. The van der Waals surface area contributed by atoms with Crippen LogP contribution in [-0.4, -0.2) is 31.4 Å². The highest BCUT2D eigenvalue weighted by Crippen LogP contribution is 2.34. The van der Waals surface area contributed by atoms with Gasteiger partial charge in [-0.3, -0.25) is 9.59 Å². The monoisotopic (exact) mass is 273 g/mol. The molecule has 1 fully saturated rings. The zero-order chi connectivity index (χ0) is 14.3. The molecule has 0 spiro atoms. The fourth-order valence-electron chi connectivity index (χ4n) is 3.19. The van der Waals surface area contributed by atoms with Crippen molar-refractivity contribution in [1.82, 2.24) is 0 Å². The molecule has 0 atom stereocenters. The van der Waals surface area contributed by atoms with Crippen LogP contribution in [0, 0.1) is 19.8 Å². The Labute approximate surface area is 118 Å². The van der Waals surface area contributed by atoms with Crippen LogP contribution in [0.3, 0.4) is 0 Å². The molecule has 0 aliphatic carbocycles. The molecule has 4 heteroatoms. The molecule has 3 rings (SSSR count). The molecular formula is C16H19NO3. The number of benzene rings is 1. The normalized spacial score (nSPS) is 19.6. The second-order valence-electron chi connectivity index (χ2n) is 5.78. The Morgan fingerprint density at radius 3 is 2.60 bits per heavy atom. The number of anilines is 1. The molecule has 2 aliphatic heterocycles. The first-order valence-corrected chi connectivity index (χ1v) is 7.13. The molecule has 106 valence electrons. The van der Waals surface area contributed by atoms with Crippen LogP contribution in [0.5, 0.6) is 0 Å². The fourth-order valence-corrected chi connectivity index (χ4v) is 3.19. The highest BCUT2D eigenvalue weighted by molar-refractivity contribution is 6.52. The third-order valence-electron chi connectivity index (χ3n) is 4.18. The van der Waals surface area contributed by atoms with Crippen molar-refractivity contribution in [2.75, 3.05) is 24.7 Å². The van der Waals surface area contributed by atoms with Gasteiger partial charge in [-0.15, -0.1) is 0 Å². The van der Waals surface area contributed by atoms with Crippen LogP contribution in [0.4, 0.5) is 5.69 Å². The van der Waals surface area contributed by atoms with Gasteiger partial charge in [-0.1, -0.05) is 6.07 Å². The molecule has 1 amide bonds. The topological polar surface area (TPSA) is 46.6 Å². The van der Waals surface area contributed by atoms with Gasteiger partial charge in [0.15, 0.2) is 0 Å². The zero-order valence-corrected chi connectivity index (χ0v) is 11.9. The SMILES string of the molecule is Cc1cc(C)c2c(c1)C(=O)C(=O)N2CC1CCOCC1. The molecule has 0 N–H and O–H groups in total. The summed E-state index contributed by atoms with van der Waals surface area (Å²) >= 11 is 0. The first-order chi connectivity index (χ1) is 9.58. The maximum atomic E-state index is 12.2. The Morgan fingerprint density at radius 2 is 1.90 bits per heavy atom. The molecule has 4 nitrogen and oxygen atoms in total. The van der Waals surface area contributed by atoms with Gasteiger partial charge in [-0.05, 0) is 49.8 Å². The summed E-state index contributed by atoms with van der Waals surface area (Å²) in [5, 5.41) is 0. The summed E-state index contributed by atoms with van der Waals surface area (Å²) < 4.78 is 5.35. The van der Waals surface area contributed by atoms with Gasteiger partial charge >= 0.3 is 0 Å². The van der Waals surface area contributed by atoms with Crippen molar-refractivity contribution in [2.45, 2.75) is 26.7 Å². The van der Waals surface area contributed by atoms with E-state index in [1.54, 1.807) is 4.90 Å². The van der Waals surface area contributed by atoms with E-state index >= 15 is 0 Å². The highest BCUT2D eigenvalue weighted by Gasteiger charge is 2.38. The van der Waals surface area contributed by atoms with E-state index < -0.39 is 0 Å². The number of hydrogen-bond acceptors (Lipinski definition) is 3. The van der Waals surface area contributed by atoms with Crippen molar-refractivity contribution >= 4 is 17.4 Å². The number of ketones is 1. The van der Waals surface area contributed by atoms with Crippen molar-refractivity contribution in [3.63, 3.8) is 0 Å². The van der Waals surface area contributed by atoms with Crippen molar-refractivity contribution in [1.29, 1.82) is 0 Å². The lowest BCUT2D eigenvalue weighted by atomic mass is 9.99. The molecule has 0 radical (unpaired) electrons. The van der Waals surface area contributed by atoms with Crippen LogP contribution >= 0.6 is 0 Å². The Morgan fingerprint density at radius 1 is 1.20 bits per heavy atom. The summed E-state index contributed by atoms with van der Waals surface area (Å²) in [5.74, 6) is -0.314. The number of amides is 1. The summed E-state index contributed by atoms with van der Waals surface area (Å²) in [6.07, 6.45) is 1.91. The number of carbonyl (C=O) groups excluding carboxylic acids is 2. The molecule has 20 heavy (non-hydrogen) atoms. The molecule has 0 saturated carbocycles. The second kappa shape index (κ2) is 5.02. The standard InChI is InChI=1S/C16H19NO3/c1-10-7-11(2)14-13(8-10)15(18)16(19)17(14)9-12-3-5-20-6-4-12/h7-8,12H,3-6,9H2,1-2H3. The minimum absolute atomic E-state index is 0.362. The van der Waals surface area contributed by atoms with Gasteiger partial charge in [0, 0.05) is 19.8 Å². The van der Waals surface area contributed by atoms with E-state index in [1.807, 2.05) is 26.0 Å². The van der Waals surface area contributed by atoms with Crippen LogP contribution in [0.1, 0.15) is 34.3 Å². The maximum Gasteiger partial charge on any atom is 0.299 e. The molecule has 2 heterocycles. The van der Waals surface area contributed by atoms with E-state index in [0.717, 1.165) is 42.9 Å². The van der Waals surface area contributed by atoms with E-state index in [-0.39, 0.29) is 11.7 Å². The van der Waals surface area contributed by atoms with Crippen molar-refractivity contribution in [2.24, 2.45) is 5.92 Å². The lowest BCUT2D eigenvalue weighted by molar-refractivity contribution is -0.114. The number of Topliss-reactive ketones (excluding diaryl/α,β-unsaturated/α-hetero) is 1. The number of ether oxygens (including phenoxy) is 1. The molecule has 0 bridgehead atoms.